The molecule has 0 bridgehead atoms. The van der Waals surface area contributed by atoms with Gasteiger partial charge in [0.15, 0.2) is 5.78 Å². The molecule has 182 valence electrons. The van der Waals surface area contributed by atoms with Crippen molar-refractivity contribution in [2.24, 2.45) is 0 Å². The number of ketones is 1. The van der Waals surface area contributed by atoms with Crippen molar-refractivity contribution in [3.8, 4) is 27.7 Å². The summed E-state index contributed by atoms with van der Waals surface area (Å²) in [5, 5.41) is 0.922. The molecule has 0 aliphatic carbocycles. The van der Waals surface area contributed by atoms with Gasteiger partial charge in [-0.2, -0.15) is 0 Å². The van der Waals surface area contributed by atoms with Crippen molar-refractivity contribution in [3.05, 3.63) is 77.9 Å². The van der Waals surface area contributed by atoms with E-state index in [4.69, 9.17) is 14.2 Å². The van der Waals surface area contributed by atoms with E-state index in [0.717, 1.165) is 57.4 Å². The van der Waals surface area contributed by atoms with Crippen LogP contribution in [0.3, 0.4) is 0 Å². The minimum Gasteiger partial charge on any atom is -0.497 e. The molecule has 1 heterocycles. The van der Waals surface area contributed by atoms with Crippen LogP contribution in [0.15, 0.2) is 66.7 Å². The highest BCUT2D eigenvalue weighted by atomic mass is 32.1. The second kappa shape index (κ2) is 11.4. The number of likely N-dealkylation sites (N-methyl/N-ethyl adjacent to an activating group) is 1. The van der Waals surface area contributed by atoms with Crippen LogP contribution in [0.5, 0.6) is 17.2 Å². The first-order valence-electron chi connectivity index (χ1n) is 11.8. The molecule has 0 radical (unpaired) electrons. The van der Waals surface area contributed by atoms with E-state index in [0.29, 0.717) is 17.7 Å². The zero-order valence-corrected chi connectivity index (χ0v) is 21.5. The molecule has 5 nitrogen and oxygen atoms in total. The van der Waals surface area contributed by atoms with Gasteiger partial charge in [-0.3, -0.25) is 4.79 Å². The average Bonchev–Trinajstić information content (AvgIpc) is 3.29. The molecular weight excluding hydrogens is 458 g/mol. The zero-order chi connectivity index (χ0) is 24.8. The number of nitrogens with zero attached hydrogens (tertiary/aromatic N) is 1. The summed E-state index contributed by atoms with van der Waals surface area (Å²) in [5.41, 5.74) is 2.31. The van der Waals surface area contributed by atoms with Crippen molar-refractivity contribution in [1.82, 2.24) is 4.90 Å². The molecule has 6 heteroatoms. The molecule has 35 heavy (non-hydrogen) atoms. The van der Waals surface area contributed by atoms with Gasteiger partial charge < -0.3 is 19.1 Å². The number of methoxy groups -OCH3 is 2. The lowest BCUT2D eigenvalue weighted by Gasteiger charge is -2.18. The summed E-state index contributed by atoms with van der Waals surface area (Å²) < 4.78 is 17.6. The molecule has 0 spiro atoms. The SMILES string of the molecule is CCN(CC)CCOc1ccc(C(=O)c2c(-c3ccc(OC)cc3)sc3cc(OC)ccc23)cc1. The molecule has 0 aliphatic rings. The smallest absolute Gasteiger partial charge is 0.195 e. The molecule has 4 rings (SSSR count). The largest absolute Gasteiger partial charge is 0.497 e. The Bertz CT molecular complexity index is 1270. The number of thiophene rings is 1. The van der Waals surface area contributed by atoms with Crippen molar-refractivity contribution in [1.29, 1.82) is 0 Å². The van der Waals surface area contributed by atoms with Crippen LogP contribution >= 0.6 is 11.3 Å². The number of fused-ring (bicyclic) bond motifs is 1. The molecule has 0 N–H and O–H groups in total. The van der Waals surface area contributed by atoms with E-state index in [1.54, 1.807) is 25.6 Å². The van der Waals surface area contributed by atoms with Gasteiger partial charge in [-0.05, 0) is 85.4 Å². The van der Waals surface area contributed by atoms with Crippen LogP contribution in [-0.4, -0.2) is 51.1 Å². The zero-order valence-electron chi connectivity index (χ0n) is 20.7. The lowest BCUT2D eigenvalue weighted by Crippen LogP contribution is -2.27. The molecule has 4 aromatic rings. The van der Waals surface area contributed by atoms with E-state index >= 15 is 0 Å². The lowest BCUT2D eigenvalue weighted by atomic mass is 9.97. The molecule has 0 saturated carbocycles. The van der Waals surface area contributed by atoms with E-state index in [9.17, 15) is 4.79 Å². The monoisotopic (exact) mass is 489 g/mol. The Morgan fingerprint density at radius 1 is 0.829 bits per heavy atom. The Hall–Kier alpha value is -3.35. The van der Waals surface area contributed by atoms with Crippen LogP contribution in [0.1, 0.15) is 29.8 Å². The first-order valence-corrected chi connectivity index (χ1v) is 12.6. The van der Waals surface area contributed by atoms with Gasteiger partial charge in [0.2, 0.25) is 0 Å². The van der Waals surface area contributed by atoms with Gasteiger partial charge >= 0.3 is 0 Å². The van der Waals surface area contributed by atoms with Gasteiger partial charge in [-0.25, -0.2) is 0 Å². The molecule has 0 aliphatic heterocycles. The molecule has 0 amide bonds. The predicted molar refractivity (Wildman–Crippen MR) is 144 cm³/mol. The van der Waals surface area contributed by atoms with Gasteiger partial charge in [0.05, 0.1) is 14.2 Å². The van der Waals surface area contributed by atoms with Crippen molar-refractivity contribution < 1.29 is 19.0 Å². The summed E-state index contributed by atoms with van der Waals surface area (Å²) in [6.07, 6.45) is 0. The fourth-order valence-electron chi connectivity index (χ4n) is 4.05. The summed E-state index contributed by atoms with van der Waals surface area (Å²) in [7, 11) is 3.30. The summed E-state index contributed by atoms with van der Waals surface area (Å²) in [6, 6.07) is 21.1. The van der Waals surface area contributed by atoms with Crippen LogP contribution in [-0.2, 0) is 0 Å². The van der Waals surface area contributed by atoms with Gasteiger partial charge in [0.1, 0.15) is 23.9 Å². The highest BCUT2D eigenvalue weighted by Crippen LogP contribution is 2.41. The lowest BCUT2D eigenvalue weighted by molar-refractivity contribution is 0.104. The normalized spacial score (nSPS) is 11.1. The van der Waals surface area contributed by atoms with Gasteiger partial charge in [-0.1, -0.05) is 13.8 Å². The highest BCUT2D eigenvalue weighted by Gasteiger charge is 2.22. The summed E-state index contributed by atoms with van der Waals surface area (Å²) in [4.78, 5) is 17.0. The Labute approximate surface area is 210 Å². The average molecular weight is 490 g/mol. The van der Waals surface area contributed by atoms with Gasteiger partial charge in [0, 0.05) is 32.6 Å². The Morgan fingerprint density at radius 2 is 1.46 bits per heavy atom. The van der Waals surface area contributed by atoms with E-state index < -0.39 is 0 Å². The van der Waals surface area contributed by atoms with E-state index in [1.807, 2.05) is 66.7 Å². The number of hydrogen-bond donors (Lipinski definition) is 0. The van der Waals surface area contributed by atoms with Crippen LogP contribution in [0.25, 0.3) is 20.5 Å². The molecule has 0 saturated heterocycles. The van der Waals surface area contributed by atoms with Crippen molar-refractivity contribution in [2.45, 2.75) is 13.8 Å². The van der Waals surface area contributed by atoms with Crippen LogP contribution in [0, 0.1) is 0 Å². The first kappa shape index (κ1) is 24.8. The summed E-state index contributed by atoms with van der Waals surface area (Å²) in [5.74, 6) is 2.30. The van der Waals surface area contributed by atoms with E-state index in [2.05, 4.69) is 18.7 Å². The number of benzene rings is 3. The molecule has 0 unspecified atom stereocenters. The maximum atomic E-state index is 13.8. The maximum Gasteiger partial charge on any atom is 0.195 e. The van der Waals surface area contributed by atoms with Gasteiger partial charge in [-0.15, -0.1) is 11.3 Å². The van der Waals surface area contributed by atoms with Crippen LogP contribution in [0.2, 0.25) is 0 Å². The maximum absolute atomic E-state index is 13.8. The molecular formula is C29H31NO4S. The standard InChI is InChI=1S/C29H31NO4S/c1-5-30(6-2)17-18-34-23-13-7-20(8-14-23)28(31)27-25-16-15-24(33-4)19-26(25)35-29(27)21-9-11-22(32-3)12-10-21/h7-16,19H,5-6,17-18H2,1-4H3. The van der Waals surface area contributed by atoms with Crippen LogP contribution in [0.4, 0.5) is 0 Å². The summed E-state index contributed by atoms with van der Waals surface area (Å²) >= 11 is 1.59. The van der Waals surface area contributed by atoms with Gasteiger partial charge in [0.25, 0.3) is 0 Å². The van der Waals surface area contributed by atoms with Crippen molar-refractivity contribution in [3.63, 3.8) is 0 Å². The van der Waals surface area contributed by atoms with E-state index in [-0.39, 0.29) is 5.78 Å². The Balaban J connectivity index is 1.65. The predicted octanol–water partition coefficient (Wildman–Crippen LogP) is 6.54. The fourth-order valence-corrected chi connectivity index (χ4v) is 5.29. The highest BCUT2D eigenvalue weighted by molar-refractivity contribution is 7.22. The molecule has 1 aromatic heterocycles. The minimum absolute atomic E-state index is 0.0121. The fraction of sp³-hybridized carbons (Fsp3) is 0.276. The second-order valence-electron chi connectivity index (χ2n) is 8.13. The number of carbonyl (C=O) groups is 1. The Morgan fingerprint density at radius 3 is 2.09 bits per heavy atom. The topological polar surface area (TPSA) is 48.0 Å². The molecule has 0 atom stereocenters. The molecule has 3 aromatic carbocycles. The number of hydrogen-bond acceptors (Lipinski definition) is 6. The quantitative estimate of drug-likeness (QED) is 0.224. The number of ether oxygens (including phenoxy) is 3. The summed E-state index contributed by atoms with van der Waals surface area (Å²) in [6.45, 7) is 7.80. The third-order valence-corrected chi connectivity index (χ3v) is 7.37. The molecule has 0 fully saturated rings. The third-order valence-electron chi connectivity index (χ3n) is 6.16. The van der Waals surface area contributed by atoms with Crippen molar-refractivity contribution >= 4 is 27.2 Å². The third kappa shape index (κ3) is 5.50. The number of rotatable bonds is 11. The minimum atomic E-state index is -0.0121. The second-order valence-corrected chi connectivity index (χ2v) is 9.18. The Kier molecular flexibility index (Phi) is 8.06. The number of carbonyl (C=O) groups excluding carboxylic acids is 1. The van der Waals surface area contributed by atoms with E-state index in [1.165, 1.54) is 0 Å². The first-order chi connectivity index (χ1) is 17.1. The van der Waals surface area contributed by atoms with Crippen LogP contribution < -0.4 is 14.2 Å². The van der Waals surface area contributed by atoms with Crippen molar-refractivity contribution in [2.75, 3.05) is 40.5 Å².